The molecule has 0 amide bonds. The minimum absolute atomic E-state index is 0.324. The van der Waals surface area contributed by atoms with E-state index in [0.29, 0.717) is 12.0 Å². The molecule has 3 heterocycles. The number of ether oxygens (including phenoxy) is 2. The molecule has 2 nitrogen and oxygen atoms in total. The van der Waals surface area contributed by atoms with Crippen LogP contribution in [-0.4, -0.2) is 48.4 Å². The lowest BCUT2D eigenvalue weighted by Gasteiger charge is -2.38. The maximum absolute atomic E-state index is 5.95. The maximum atomic E-state index is 5.95. The quantitative estimate of drug-likeness (QED) is 0.509. The first-order chi connectivity index (χ1) is 13.0. The molecular formula is C23H42O2S2. The number of hydrogen-bond donors (Lipinski definition) is 0. The highest BCUT2D eigenvalue weighted by Gasteiger charge is 2.32. The van der Waals surface area contributed by atoms with Crippen molar-refractivity contribution < 1.29 is 9.47 Å². The summed E-state index contributed by atoms with van der Waals surface area (Å²) in [4.78, 5) is 0. The fourth-order valence-corrected chi connectivity index (χ4v) is 8.45. The van der Waals surface area contributed by atoms with Crippen LogP contribution in [0.3, 0.4) is 0 Å². The summed E-state index contributed by atoms with van der Waals surface area (Å²) in [6.45, 7) is 12.1. The van der Waals surface area contributed by atoms with Gasteiger partial charge in [-0.05, 0) is 84.9 Å². The van der Waals surface area contributed by atoms with Crippen molar-refractivity contribution in [1.29, 1.82) is 0 Å². The molecule has 0 aromatic heterocycles. The monoisotopic (exact) mass is 414 g/mol. The van der Waals surface area contributed by atoms with E-state index in [1.807, 2.05) is 0 Å². The Morgan fingerprint density at radius 3 is 2.52 bits per heavy atom. The van der Waals surface area contributed by atoms with Crippen molar-refractivity contribution in [3.63, 3.8) is 0 Å². The molecule has 158 valence electrons. The Morgan fingerprint density at radius 2 is 1.78 bits per heavy atom. The van der Waals surface area contributed by atoms with Gasteiger partial charge >= 0.3 is 0 Å². The molecule has 4 heteroatoms. The molecule has 0 spiro atoms. The standard InChI is InChI=1S/C23H42O2S2/c1-16(2)21-11-19(14-26-15-21)9-17(3)20-5-8-27-22(12-20)10-18(4)23-13-24-6-7-25-23/h16-23H,5-15H2,1-4H3. The van der Waals surface area contributed by atoms with Crippen molar-refractivity contribution in [2.45, 2.75) is 71.2 Å². The Morgan fingerprint density at radius 1 is 0.926 bits per heavy atom. The van der Waals surface area contributed by atoms with Crippen molar-refractivity contribution in [3.8, 4) is 0 Å². The Kier molecular flexibility index (Phi) is 9.20. The molecule has 0 N–H and O–H groups in total. The number of hydrogen-bond acceptors (Lipinski definition) is 4. The summed E-state index contributed by atoms with van der Waals surface area (Å²) < 4.78 is 11.6. The van der Waals surface area contributed by atoms with Gasteiger partial charge in [0, 0.05) is 5.25 Å². The molecule has 0 radical (unpaired) electrons. The third-order valence-corrected chi connectivity index (χ3v) is 9.99. The zero-order chi connectivity index (χ0) is 19.2. The van der Waals surface area contributed by atoms with Crippen molar-refractivity contribution in [1.82, 2.24) is 0 Å². The van der Waals surface area contributed by atoms with Gasteiger partial charge in [-0.1, -0.05) is 27.7 Å². The molecule has 3 aliphatic heterocycles. The molecular weight excluding hydrogens is 372 g/mol. The van der Waals surface area contributed by atoms with Gasteiger partial charge in [0.15, 0.2) is 0 Å². The van der Waals surface area contributed by atoms with E-state index in [9.17, 15) is 0 Å². The summed E-state index contributed by atoms with van der Waals surface area (Å²) in [7, 11) is 0. The van der Waals surface area contributed by atoms with Crippen LogP contribution >= 0.6 is 23.5 Å². The van der Waals surface area contributed by atoms with Crippen LogP contribution in [0.25, 0.3) is 0 Å². The molecule has 0 aliphatic carbocycles. The smallest absolute Gasteiger partial charge is 0.0835 e. The van der Waals surface area contributed by atoms with E-state index in [1.54, 1.807) is 0 Å². The van der Waals surface area contributed by atoms with E-state index in [1.165, 1.54) is 49.4 Å². The largest absolute Gasteiger partial charge is 0.376 e. The molecule has 0 saturated carbocycles. The van der Waals surface area contributed by atoms with E-state index < -0.39 is 0 Å². The molecule has 3 rings (SSSR count). The molecule has 7 unspecified atom stereocenters. The number of rotatable bonds is 7. The highest BCUT2D eigenvalue weighted by Crippen LogP contribution is 2.42. The first-order valence-electron chi connectivity index (χ1n) is 11.4. The van der Waals surface area contributed by atoms with Crippen LogP contribution < -0.4 is 0 Å². The lowest BCUT2D eigenvalue weighted by atomic mass is 9.77. The van der Waals surface area contributed by atoms with E-state index in [0.717, 1.165) is 54.7 Å². The fourth-order valence-electron chi connectivity index (χ4n) is 5.29. The third-order valence-electron chi connectivity index (χ3n) is 7.29. The van der Waals surface area contributed by atoms with Gasteiger partial charge in [-0.15, -0.1) is 0 Å². The topological polar surface area (TPSA) is 18.5 Å². The third kappa shape index (κ3) is 6.83. The van der Waals surface area contributed by atoms with Crippen LogP contribution in [-0.2, 0) is 9.47 Å². The highest BCUT2D eigenvalue weighted by atomic mass is 32.2. The molecule has 0 aromatic carbocycles. The predicted octanol–water partition coefficient (Wildman–Crippen LogP) is 5.99. The lowest BCUT2D eigenvalue weighted by Crippen LogP contribution is -2.36. The molecule has 3 saturated heterocycles. The minimum Gasteiger partial charge on any atom is -0.376 e. The Hall–Kier alpha value is 0.620. The van der Waals surface area contributed by atoms with Crippen LogP contribution in [0.4, 0.5) is 0 Å². The Bertz CT molecular complexity index is 425. The van der Waals surface area contributed by atoms with Crippen LogP contribution in [0.2, 0.25) is 0 Å². The zero-order valence-electron chi connectivity index (χ0n) is 18.0. The van der Waals surface area contributed by atoms with Crippen molar-refractivity contribution in [2.75, 3.05) is 37.1 Å². The summed E-state index contributed by atoms with van der Waals surface area (Å²) in [5.41, 5.74) is 0. The summed E-state index contributed by atoms with van der Waals surface area (Å²) >= 11 is 4.45. The maximum Gasteiger partial charge on any atom is 0.0835 e. The second-order valence-corrected chi connectivity index (χ2v) is 12.3. The van der Waals surface area contributed by atoms with Gasteiger partial charge in [-0.25, -0.2) is 0 Å². The van der Waals surface area contributed by atoms with Gasteiger partial charge in [0.05, 0.1) is 25.9 Å². The van der Waals surface area contributed by atoms with Gasteiger partial charge in [0.1, 0.15) is 0 Å². The van der Waals surface area contributed by atoms with Crippen molar-refractivity contribution >= 4 is 23.5 Å². The molecule has 7 atom stereocenters. The van der Waals surface area contributed by atoms with Gasteiger partial charge in [0.2, 0.25) is 0 Å². The van der Waals surface area contributed by atoms with E-state index in [-0.39, 0.29) is 0 Å². The summed E-state index contributed by atoms with van der Waals surface area (Å²) in [5, 5.41) is 0.830. The van der Waals surface area contributed by atoms with E-state index >= 15 is 0 Å². The summed E-state index contributed by atoms with van der Waals surface area (Å²) in [5.74, 6) is 9.41. The normalized spacial score (nSPS) is 37.9. The van der Waals surface area contributed by atoms with Gasteiger partial charge < -0.3 is 9.47 Å². The van der Waals surface area contributed by atoms with Crippen molar-refractivity contribution in [2.24, 2.45) is 35.5 Å². The van der Waals surface area contributed by atoms with Crippen molar-refractivity contribution in [3.05, 3.63) is 0 Å². The van der Waals surface area contributed by atoms with E-state index in [2.05, 4.69) is 51.2 Å². The first kappa shape index (κ1) is 22.3. The van der Waals surface area contributed by atoms with E-state index in [4.69, 9.17) is 9.47 Å². The average molecular weight is 415 g/mol. The zero-order valence-corrected chi connectivity index (χ0v) is 19.7. The van der Waals surface area contributed by atoms with Crippen LogP contribution in [0, 0.1) is 35.5 Å². The predicted molar refractivity (Wildman–Crippen MR) is 121 cm³/mol. The molecule has 0 aromatic rings. The fraction of sp³-hybridized carbons (Fsp3) is 1.00. The molecule has 3 fully saturated rings. The minimum atomic E-state index is 0.324. The van der Waals surface area contributed by atoms with Crippen LogP contribution in [0.15, 0.2) is 0 Å². The highest BCUT2D eigenvalue weighted by molar-refractivity contribution is 8.00. The van der Waals surface area contributed by atoms with Crippen LogP contribution in [0.1, 0.15) is 59.8 Å². The summed E-state index contributed by atoms with van der Waals surface area (Å²) in [6.07, 6.45) is 7.44. The van der Waals surface area contributed by atoms with Gasteiger partial charge in [0.25, 0.3) is 0 Å². The number of thioether (sulfide) groups is 2. The molecule has 0 bridgehead atoms. The molecule has 3 aliphatic rings. The SMILES string of the molecule is CC(C)C1CSCC(CC(C)C2CCSC(CC(C)C3COCCO3)C2)C1. The lowest BCUT2D eigenvalue weighted by molar-refractivity contribution is -0.109. The molecule has 27 heavy (non-hydrogen) atoms. The Balaban J connectivity index is 1.44. The Labute approximate surface area is 176 Å². The second-order valence-electron chi connectivity index (χ2n) is 9.83. The second kappa shape index (κ2) is 11.1. The average Bonchev–Trinajstić information content (AvgIpc) is 2.69. The first-order valence-corrected chi connectivity index (χ1v) is 13.6. The van der Waals surface area contributed by atoms with Gasteiger partial charge in [-0.2, -0.15) is 23.5 Å². The van der Waals surface area contributed by atoms with Gasteiger partial charge in [-0.3, -0.25) is 0 Å². The van der Waals surface area contributed by atoms with Crippen LogP contribution in [0.5, 0.6) is 0 Å². The summed E-state index contributed by atoms with van der Waals surface area (Å²) in [6, 6.07) is 0.